The molecule has 1 aliphatic rings. The van der Waals surface area contributed by atoms with Crippen LogP contribution in [-0.2, 0) is 14.8 Å². The zero-order valence-corrected chi connectivity index (χ0v) is 17.7. The van der Waals surface area contributed by atoms with Crippen LogP contribution in [0.1, 0.15) is 28.8 Å². The van der Waals surface area contributed by atoms with Gasteiger partial charge in [0.25, 0.3) is 5.91 Å². The van der Waals surface area contributed by atoms with Crippen LogP contribution in [0.15, 0.2) is 47.4 Å². The fraction of sp³-hybridized carbons (Fsp3) is 0.333. The van der Waals surface area contributed by atoms with Gasteiger partial charge >= 0.3 is 0 Å². The second kappa shape index (κ2) is 8.93. The number of anilines is 1. The van der Waals surface area contributed by atoms with Gasteiger partial charge in [-0.15, -0.1) is 0 Å². The van der Waals surface area contributed by atoms with Gasteiger partial charge in [-0.3, -0.25) is 9.59 Å². The third kappa shape index (κ3) is 4.85. The molecule has 0 aliphatic carbocycles. The molecule has 1 heterocycles. The van der Waals surface area contributed by atoms with E-state index >= 15 is 0 Å². The first kappa shape index (κ1) is 21.9. The second-order valence-corrected chi connectivity index (χ2v) is 9.25. The largest absolute Gasteiger partial charge is 0.332 e. The van der Waals surface area contributed by atoms with E-state index in [1.807, 2.05) is 0 Å². The molecule has 1 N–H and O–H groups in total. The highest BCUT2D eigenvalue weighted by Crippen LogP contribution is 2.23. The number of hydrogen-bond acceptors (Lipinski definition) is 4. The molecule has 1 saturated heterocycles. The van der Waals surface area contributed by atoms with Gasteiger partial charge in [0.15, 0.2) is 0 Å². The SMILES string of the molecule is Cc1ccc(S(=O)(=O)N2CCCC2)cc1C(=O)N(C)CC(=O)Nc1cccc(F)c1. The van der Waals surface area contributed by atoms with Gasteiger partial charge in [-0.1, -0.05) is 12.1 Å². The van der Waals surface area contributed by atoms with E-state index in [2.05, 4.69) is 5.32 Å². The van der Waals surface area contributed by atoms with Crippen molar-refractivity contribution < 1.29 is 22.4 Å². The van der Waals surface area contributed by atoms with E-state index < -0.39 is 27.7 Å². The Balaban J connectivity index is 1.74. The number of sulfonamides is 1. The number of carbonyl (C=O) groups is 2. The maximum absolute atomic E-state index is 13.3. The van der Waals surface area contributed by atoms with Crippen molar-refractivity contribution in [3.8, 4) is 0 Å². The zero-order chi connectivity index (χ0) is 21.9. The summed E-state index contributed by atoms with van der Waals surface area (Å²) in [4.78, 5) is 26.4. The number of nitrogens with one attached hydrogen (secondary N) is 1. The van der Waals surface area contributed by atoms with Gasteiger partial charge in [0, 0.05) is 31.4 Å². The standard InChI is InChI=1S/C21H24FN3O4S/c1-15-8-9-18(30(28,29)25-10-3-4-11-25)13-19(15)21(27)24(2)14-20(26)23-17-7-5-6-16(22)12-17/h5-9,12-13H,3-4,10-11,14H2,1-2H3,(H,23,26). The predicted molar refractivity (Wildman–Crippen MR) is 111 cm³/mol. The van der Waals surface area contributed by atoms with Crippen molar-refractivity contribution in [1.82, 2.24) is 9.21 Å². The summed E-state index contributed by atoms with van der Waals surface area (Å²) in [6, 6.07) is 9.91. The van der Waals surface area contributed by atoms with E-state index in [0.29, 0.717) is 18.7 Å². The summed E-state index contributed by atoms with van der Waals surface area (Å²) in [5, 5.41) is 2.53. The van der Waals surface area contributed by atoms with Crippen LogP contribution in [0.2, 0.25) is 0 Å². The minimum absolute atomic E-state index is 0.0657. The van der Waals surface area contributed by atoms with Gasteiger partial charge < -0.3 is 10.2 Å². The molecule has 7 nitrogen and oxygen atoms in total. The van der Waals surface area contributed by atoms with Gasteiger partial charge in [-0.2, -0.15) is 4.31 Å². The van der Waals surface area contributed by atoms with Crippen LogP contribution in [0.25, 0.3) is 0 Å². The quantitative estimate of drug-likeness (QED) is 0.759. The normalized spacial score (nSPS) is 14.5. The highest BCUT2D eigenvalue weighted by Gasteiger charge is 2.28. The maximum Gasteiger partial charge on any atom is 0.254 e. The zero-order valence-electron chi connectivity index (χ0n) is 16.9. The molecule has 0 aromatic heterocycles. The maximum atomic E-state index is 13.3. The molecule has 2 amide bonds. The number of benzene rings is 2. The Hall–Kier alpha value is -2.78. The van der Waals surface area contributed by atoms with E-state index in [1.54, 1.807) is 19.1 Å². The number of carbonyl (C=O) groups excluding carboxylic acids is 2. The van der Waals surface area contributed by atoms with Gasteiger partial charge in [0.1, 0.15) is 5.82 Å². The molecule has 0 bridgehead atoms. The Bertz CT molecular complexity index is 1070. The van der Waals surface area contributed by atoms with Gasteiger partial charge in [-0.05, 0) is 55.7 Å². The smallest absolute Gasteiger partial charge is 0.254 e. The molecule has 1 fully saturated rings. The number of likely N-dealkylation sites (N-methyl/N-ethyl adjacent to an activating group) is 1. The molecule has 0 saturated carbocycles. The van der Waals surface area contributed by atoms with Crippen molar-refractivity contribution in [2.45, 2.75) is 24.7 Å². The molecule has 0 unspecified atom stereocenters. The van der Waals surface area contributed by atoms with Gasteiger partial charge in [0.2, 0.25) is 15.9 Å². The lowest BCUT2D eigenvalue weighted by atomic mass is 10.1. The Labute approximate surface area is 175 Å². The van der Waals surface area contributed by atoms with E-state index in [0.717, 1.165) is 12.8 Å². The number of amides is 2. The fourth-order valence-corrected chi connectivity index (χ4v) is 4.87. The fourth-order valence-electron chi connectivity index (χ4n) is 3.33. The molecular weight excluding hydrogens is 409 g/mol. The topological polar surface area (TPSA) is 86.8 Å². The van der Waals surface area contributed by atoms with Gasteiger partial charge in [0.05, 0.1) is 11.4 Å². The summed E-state index contributed by atoms with van der Waals surface area (Å²) < 4.78 is 40.3. The van der Waals surface area contributed by atoms with Crippen molar-refractivity contribution in [3.63, 3.8) is 0 Å². The molecule has 0 atom stereocenters. The third-order valence-corrected chi connectivity index (χ3v) is 6.87. The monoisotopic (exact) mass is 433 g/mol. The lowest BCUT2D eigenvalue weighted by Crippen LogP contribution is -2.35. The molecule has 9 heteroatoms. The number of halogens is 1. The third-order valence-electron chi connectivity index (χ3n) is 4.98. The summed E-state index contributed by atoms with van der Waals surface area (Å²) in [7, 11) is -2.20. The van der Waals surface area contributed by atoms with E-state index in [-0.39, 0.29) is 22.7 Å². The Morgan fingerprint density at radius 3 is 2.50 bits per heavy atom. The van der Waals surface area contributed by atoms with Crippen molar-refractivity contribution in [1.29, 1.82) is 0 Å². The Morgan fingerprint density at radius 1 is 1.13 bits per heavy atom. The van der Waals surface area contributed by atoms with Crippen LogP contribution in [0.3, 0.4) is 0 Å². The minimum atomic E-state index is -3.66. The van der Waals surface area contributed by atoms with Gasteiger partial charge in [-0.25, -0.2) is 12.8 Å². The van der Waals surface area contributed by atoms with Crippen LogP contribution in [0.5, 0.6) is 0 Å². The summed E-state index contributed by atoms with van der Waals surface area (Å²) in [6.45, 7) is 2.39. The minimum Gasteiger partial charge on any atom is -0.332 e. The van der Waals surface area contributed by atoms with E-state index in [9.17, 15) is 22.4 Å². The molecule has 30 heavy (non-hydrogen) atoms. The van der Waals surface area contributed by atoms with Crippen molar-refractivity contribution in [2.75, 3.05) is 32.0 Å². The predicted octanol–water partition coefficient (Wildman–Crippen LogP) is 2.63. The highest BCUT2D eigenvalue weighted by atomic mass is 32.2. The average Bonchev–Trinajstić information content (AvgIpc) is 3.23. The van der Waals surface area contributed by atoms with Crippen LogP contribution < -0.4 is 5.32 Å². The molecule has 0 radical (unpaired) electrons. The first-order valence-corrected chi connectivity index (χ1v) is 11.0. The lowest BCUT2D eigenvalue weighted by Gasteiger charge is -2.20. The average molecular weight is 434 g/mol. The molecule has 1 aliphatic heterocycles. The molecule has 3 rings (SSSR count). The van der Waals surface area contributed by atoms with E-state index in [4.69, 9.17) is 0 Å². The lowest BCUT2D eigenvalue weighted by molar-refractivity contribution is -0.116. The summed E-state index contributed by atoms with van der Waals surface area (Å²) in [5.41, 5.74) is 1.12. The summed E-state index contributed by atoms with van der Waals surface area (Å²) in [5.74, 6) is -1.45. The summed E-state index contributed by atoms with van der Waals surface area (Å²) in [6.07, 6.45) is 1.64. The molecule has 160 valence electrons. The second-order valence-electron chi connectivity index (χ2n) is 7.31. The number of aryl methyl sites for hydroxylation is 1. The Kier molecular flexibility index (Phi) is 6.52. The highest BCUT2D eigenvalue weighted by molar-refractivity contribution is 7.89. The molecule has 2 aromatic carbocycles. The first-order chi connectivity index (χ1) is 14.2. The Morgan fingerprint density at radius 2 is 1.83 bits per heavy atom. The van der Waals surface area contributed by atoms with E-state index in [1.165, 1.54) is 46.6 Å². The number of hydrogen-bond donors (Lipinski definition) is 1. The van der Waals surface area contributed by atoms with Crippen molar-refractivity contribution >= 4 is 27.5 Å². The molecule has 2 aromatic rings. The van der Waals surface area contributed by atoms with Crippen LogP contribution >= 0.6 is 0 Å². The van der Waals surface area contributed by atoms with Crippen LogP contribution in [-0.4, -0.2) is 56.1 Å². The first-order valence-electron chi connectivity index (χ1n) is 9.60. The van der Waals surface area contributed by atoms with Crippen LogP contribution in [0, 0.1) is 12.7 Å². The number of nitrogens with zero attached hydrogens (tertiary/aromatic N) is 2. The van der Waals surface area contributed by atoms with Crippen molar-refractivity contribution in [2.24, 2.45) is 0 Å². The van der Waals surface area contributed by atoms with Crippen LogP contribution in [0.4, 0.5) is 10.1 Å². The molecular formula is C21H24FN3O4S. The van der Waals surface area contributed by atoms with Crippen molar-refractivity contribution in [3.05, 3.63) is 59.4 Å². The number of rotatable bonds is 6. The summed E-state index contributed by atoms with van der Waals surface area (Å²) >= 11 is 0. The molecule has 0 spiro atoms.